The molecular formula is C12H14ClNO. The molecule has 15 heavy (non-hydrogen) atoms. The average molecular weight is 224 g/mol. The zero-order valence-electron chi connectivity index (χ0n) is 9.12. The third kappa shape index (κ3) is 2.39. The van der Waals surface area contributed by atoms with Crippen molar-refractivity contribution in [3.05, 3.63) is 35.2 Å². The van der Waals surface area contributed by atoms with Crippen LogP contribution in [0.5, 0.6) is 0 Å². The minimum atomic E-state index is 0.0215. The molecule has 3 heteroatoms. The van der Waals surface area contributed by atoms with E-state index in [0.29, 0.717) is 5.56 Å². The summed E-state index contributed by atoms with van der Waals surface area (Å²) in [5.74, 6) is 0.0215. The second-order valence-electron chi connectivity index (χ2n) is 3.21. The van der Waals surface area contributed by atoms with E-state index in [1.54, 1.807) is 13.1 Å². The van der Waals surface area contributed by atoms with Crippen LogP contribution in [0.25, 0.3) is 12.2 Å². The number of hydrogen-bond acceptors (Lipinski definition) is 1. The van der Waals surface area contributed by atoms with Gasteiger partial charge in [0.05, 0.1) is 5.69 Å². The zero-order chi connectivity index (χ0) is 11.4. The number of ketones is 1. The van der Waals surface area contributed by atoms with Crippen molar-refractivity contribution in [2.45, 2.75) is 20.8 Å². The van der Waals surface area contributed by atoms with Gasteiger partial charge in [0.2, 0.25) is 0 Å². The lowest BCUT2D eigenvalue weighted by Crippen LogP contribution is -1.91. The van der Waals surface area contributed by atoms with Crippen LogP contribution in [-0.4, -0.2) is 9.87 Å². The predicted molar refractivity (Wildman–Crippen MR) is 65.1 cm³/mol. The van der Waals surface area contributed by atoms with Gasteiger partial charge >= 0.3 is 0 Å². The Morgan fingerprint density at radius 3 is 2.40 bits per heavy atom. The maximum absolute atomic E-state index is 11.4. The summed E-state index contributed by atoms with van der Waals surface area (Å²) in [6, 6.07) is 0. The lowest BCUT2D eigenvalue weighted by molar-refractivity contribution is 0.101. The highest BCUT2D eigenvalue weighted by Crippen LogP contribution is 2.22. The summed E-state index contributed by atoms with van der Waals surface area (Å²) in [6.07, 6.45) is 9.21. The fourth-order valence-corrected chi connectivity index (χ4v) is 1.69. The fourth-order valence-electron chi connectivity index (χ4n) is 1.45. The van der Waals surface area contributed by atoms with Crippen molar-refractivity contribution in [2.24, 2.45) is 0 Å². The molecule has 0 amide bonds. The second kappa shape index (κ2) is 4.99. The number of allylic oxidation sites excluding steroid dienone is 2. The van der Waals surface area contributed by atoms with Gasteiger partial charge in [0, 0.05) is 29.1 Å². The van der Waals surface area contributed by atoms with E-state index in [4.69, 9.17) is 11.8 Å². The molecule has 0 fully saturated rings. The van der Waals surface area contributed by atoms with Gasteiger partial charge in [0.25, 0.3) is 0 Å². The fraction of sp³-hybridized carbons (Fsp3) is 0.250. The minimum Gasteiger partial charge on any atom is -0.294 e. The van der Waals surface area contributed by atoms with Gasteiger partial charge in [-0.15, -0.1) is 0 Å². The quantitative estimate of drug-likeness (QED) is 0.716. The highest BCUT2D eigenvalue weighted by atomic mass is 35.5. The van der Waals surface area contributed by atoms with E-state index in [2.05, 4.69) is 0 Å². The van der Waals surface area contributed by atoms with E-state index in [1.165, 1.54) is 4.09 Å². The summed E-state index contributed by atoms with van der Waals surface area (Å²) in [5.41, 5.74) is 2.36. The molecule has 0 bridgehead atoms. The molecule has 0 aromatic carbocycles. The predicted octanol–water partition coefficient (Wildman–Crippen LogP) is 3.76. The number of halogens is 1. The molecule has 80 valence electrons. The van der Waals surface area contributed by atoms with Gasteiger partial charge in [-0.3, -0.25) is 8.88 Å². The molecule has 2 nitrogen and oxygen atoms in total. The molecule has 0 radical (unpaired) electrons. The third-order valence-electron chi connectivity index (χ3n) is 2.08. The summed E-state index contributed by atoms with van der Waals surface area (Å²) < 4.78 is 1.45. The highest BCUT2D eigenvalue weighted by Gasteiger charge is 2.13. The summed E-state index contributed by atoms with van der Waals surface area (Å²) in [5, 5.41) is 0. The molecule has 0 aliphatic carbocycles. The van der Waals surface area contributed by atoms with Gasteiger partial charge in [0.1, 0.15) is 0 Å². The molecular weight excluding hydrogens is 210 g/mol. The van der Waals surface area contributed by atoms with Gasteiger partial charge in [0.15, 0.2) is 5.78 Å². The number of carbonyl (C=O) groups is 1. The van der Waals surface area contributed by atoms with Crippen LogP contribution >= 0.6 is 11.8 Å². The van der Waals surface area contributed by atoms with Crippen molar-refractivity contribution >= 4 is 29.7 Å². The Bertz CT molecular complexity index is 427. The van der Waals surface area contributed by atoms with Crippen molar-refractivity contribution in [2.75, 3.05) is 0 Å². The van der Waals surface area contributed by atoms with Crippen LogP contribution in [0.3, 0.4) is 0 Å². The SMILES string of the molecule is C/C=C\c1c(C(C)=O)cn(Cl)c1/C=C\C. The number of hydrogen-bond donors (Lipinski definition) is 0. The topological polar surface area (TPSA) is 22.0 Å². The van der Waals surface area contributed by atoms with Crippen molar-refractivity contribution < 1.29 is 4.79 Å². The largest absolute Gasteiger partial charge is 0.294 e. The zero-order valence-corrected chi connectivity index (χ0v) is 9.88. The summed E-state index contributed by atoms with van der Waals surface area (Å²) in [4.78, 5) is 11.4. The minimum absolute atomic E-state index is 0.0215. The van der Waals surface area contributed by atoms with Gasteiger partial charge in [-0.1, -0.05) is 18.2 Å². The normalized spacial score (nSPS) is 11.7. The van der Waals surface area contributed by atoms with Crippen molar-refractivity contribution in [1.82, 2.24) is 4.09 Å². The first-order chi connectivity index (χ1) is 7.11. The molecule has 1 heterocycles. The first-order valence-corrected chi connectivity index (χ1v) is 5.13. The number of nitrogens with zero attached hydrogens (tertiary/aromatic N) is 1. The van der Waals surface area contributed by atoms with Gasteiger partial charge in [-0.25, -0.2) is 0 Å². The van der Waals surface area contributed by atoms with E-state index < -0.39 is 0 Å². The standard InChI is InChI=1S/C12H14ClNO/c1-4-6-10-11(9(3)15)8-14(13)12(10)7-5-2/h4-8H,1-3H3/b6-4-,7-5-. The van der Waals surface area contributed by atoms with Crippen molar-refractivity contribution in [1.29, 1.82) is 0 Å². The first-order valence-electron chi connectivity index (χ1n) is 4.79. The Labute approximate surface area is 95.0 Å². The first kappa shape index (κ1) is 11.8. The van der Waals surface area contributed by atoms with Crippen LogP contribution in [0.4, 0.5) is 0 Å². The van der Waals surface area contributed by atoms with E-state index in [0.717, 1.165) is 11.3 Å². The van der Waals surface area contributed by atoms with Crippen LogP contribution in [0, 0.1) is 0 Å². The molecule has 0 atom stereocenters. The van der Waals surface area contributed by atoms with Crippen molar-refractivity contribution in [3.8, 4) is 0 Å². The van der Waals surface area contributed by atoms with Crippen LogP contribution in [-0.2, 0) is 0 Å². The number of rotatable bonds is 3. The van der Waals surface area contributed by atoms with Crippen molar-refractivity contribution in [3.63, 3.8) is 0 Å². The van der Waals surface area contributed by atoms with E-state index in [1.807, 2.05) is 38.2 Å². The summed E-state index contributed by atoms with van der Waals surface area (Å²) in [7, 11) is 0. The second-order valence-corrected chi connectivity index (χ2v) is 3.57. The molecule has 0 aliphatic rings. The van der Waals surface area contributed by atoms with Gasteiger partial charge < -0.3 is 0 Å². The number of Topliss-reactive ketones (excluding diaryl/α,β-unsaturated/α-hetero) is 1. The average Bonchev–Trinajstić information content (AvgIpc) is 2.47. The van der Waals surface area contributed by atoms with Gasteiger partial charge in [-0.2, -0.15) is 0 Å². The van der Waals surface area contributed by atoms with E-state index in [-0.39, 0.29) is 5.78 Å². The molecule has 0 saturated carbocycles. The van der Waals surface area contributed by atoms with E-state index in [9.17, 15) is 4.79 Å². The van der Waals surface area contributed by atoms with Crippen LogP contribution < -0.4 is 0 Å². The van der Waals surface area contributed by atoms with Crippen LogP contribution in [0.2, 0.25) is 0 Å². The molecule has 0 N–H and O–H groups in total. The monoisotopic (exact) mass is 223 g/mol. The Balaban J connectivity index is 3.43. The lowest BCUT2D eigenvalue weighted by Gasteiger charge is -1.97. The maximum atomic E-state index is 11.4. The summed E-state index contributed by atoms with van der Waals surface area (Å²) >= 11 is 5.99. The summed E-state index contributed by atoms with van der Waals surface area (Å²) in [6.45, 7) is 5.37. The maximum Gasteiger partial charge on any atom is 0.162 e. The Kier molecular flexibility index (Phi) is 3.92. The number of aromatic nitrogens is 1. The third-order valence-corrected chi connectivity index (χ3v) is 2.36. The van der Waals surface area contributed by atoms with E-state index >= 15 is 0 Å². The number of carbonyl (C=O) groups excluding carboxylic acids is 1. The Hall–Kier alpha value is -1.28. The highest BCUT2D eigenvalue weighted by molar-refractivity contribution is 6.17. The molecule has 1 aromatic heterocycles. The molecule has 0 saturated heterocycles. The van der Waals surface area contributed by atoms with Crippen LogP contribution in [0.1, 0.15) is 42.4 Å². The van der Waals surface area contributed by atoms with Gasteiger partial charge in [-0.05, 0) is 26.8 Å². The van der Waals surface area contributed by atoms with Crippen LogP contribution in [0.15, 0.2) is 18.3 Å². The Morgan fingerprint density at radius 2 is 1.93 bits per heavy atom. The Morgan fingerprint density at radius 1 is 1.33 bits per heavy atom. The molecule has 1 aromatic rings. The lowest BCUT2D eigenvalue weighted by atomic mass is 10.1. The molecule has 0 aliphatic heterocycles. The molecule has 0 unspecified atom stereocenters. The molecule has 0 spiro atoms. The molecule has 1 rings (SSSR count). The smallest absolute Gasteiger partial charge is 0.162 e.